The molecule has 0 saturated heterocycles. The van der Waals surface area contributed by atoms with E-state index in [0.717, 1.165) is 22.5 Å². The number of amides is 1. The van der Waals surface area contributed by atoms with Gasteiger partial charge in [0.05, 0.1) is 24.3 Å². The number of methoxy groups -OCH3 is 1. The standard InChI is InChI=1S/C18H21N3O3S/c1-11(2)9-24-14-6-5-12(7-15(14)23-4)17-13-8-19-21(3)18(13)20-16(22)10-25-17/h5-8,17H,1,9-10H2,2-4H3,(H,20,22)/t17-/m1/s1. The third kappa shape index (κ3) is 3.66. The van der Waals surface area contributed by atoms with Crippen molar-refractivity contribution in [2.75, 3.05) is 24.8 Å². The molecular formula is C18H21N3O3S. The lowest BCUT2D eigenvalue weighted by atomic mass is 10.1. The van der Waals surface area contributed by atoms with Crippen LogP contribution in [0.2, 0.25) is 0 Å². The first-order valence-corrected chi connectivity index (χ1v) is 8.93. The zero-order valence-corrected chi connectivity index (χ0v) is 15.4. The molecule has 1 N–H and O–H groups in total. The minimum absolute atomic E-state index is 0.00765. The Hall–Kier alpha value is -2.41. The van der Waals surface area contributed by atoms with Crippen LogP contribution in [0.25, 0.3) is 0 Å². The van der Waals surface area contributed by atoms with E-state index in [1.54, 1.807) is 29.8 Å². The van der Waals surface area contributed by atoms with Crippen LogP contribution < -0.4 is 14.8 Å². The summed E-state index contributed by atoms with van der Waals surface area (Å²) >= 11 is 1.57. The van der Waals surface area contributed by atoms with E-state index in [0.29, 0.717) is 23.9 Å². The molecule has 1 aliphatic rings. The van der Waals surface area contributed by atoms with E-state index in [1.807, 2.05) is 32.2 Å². The molecule has 0 saturated carbocycles. The van der Waals surface area contributed by atoms with E-state index in [9.17, 15) is 4.79 Å². The minimum Gasteiger partial charge on any atom is -0.493 e. The van der Waals surface area contributed by atoms with Crippen molar-refractivity contribution in [1.82, 2.24) is 9.78 Å². The average molecular weight is 359 g/mol. The van der Waals surface area contributed by atoms with Gasteiger partial charge >= 0.3 is 0 Å². The third-order valence-corrected chi connectivity index (χ3v) is 5.14. The van der Waals surface area contributed by atoms with Crippen molar-refractivity contribution < 1.29 is 14.3 Å². The van der Waals surface area contributed by atoms with Crippen molar-refractivity contribution in [2.24, 2.45) is 7.05 Å². The summed E-state index contributed by atoms with van der Waals surface area (Å²) < 4.78 is 12.9. The number of nitrogens with one attached hydrogen (secondary N) is 1. The van der Waals surface area contributed by atoms with Crippen molar-refractivity contribution in [3.8, 4) is 11.5 Å². The summed E-state index contributed by atoms with van der Waals surface area (Å²) in [4.78, 5) is 12.0. The Morgan fingerprint density at radius 2 is 2.28 bits per heavy atom. The number of hydrogen-bond acceptors (Lipinski definition) is 5. The Balaban J connectivity index is 1.95. The zero-order valence-electron chi connectivity index (χ0n) is 14.5. The van der Waals surface area contributed by atoms with E-state index in [1.165, 1.54) is 0 Å². The lowest BCUT2D eigenvalue weighted by molar-refractivity contribution is -0.113. The monoisotopic (exact) mass is 359 g/mol. The molecule has 1 aromatic carbocycles. The van der Waals surface area contributed by atoms with Gasteiger partial charge in [-0.3, -0.25) is 9.48 Å². The molecule has 25 heavy (non-hydrogen) atoms. The number of aromatic nitrogens is 2. The SMILES string of the molecule is C=C(C)COc1ccc([C@H]2SCC(=O)Nc3c2cnn3C)cc1OC. The number of anilines is 1. The number of ether oxygens (including phenoxy) is 2. The molecule has 1 aliphatic heterocycles. The third-order valence-electron chi connectivity index (χ3n) is 3.85. The van der Waals surface area contributed by atoms with E-state index in [2.05, 4.69) is 17.0 Å². The fourth-order valence-electron chi connectivity index (χ4n) is 2.66. The van der Waals surface area contributed by atoms with Gasteiger partial charge in [0.1, 0.15) is 12.4 Å². The molecule has 1 amide bonds. The molecule has 3 rings (SSSR count). The first kappa shape index (κ1) is 17.4. The van der Waals surface area contributed by atoms with Crippen molar-refractivity contribution in [2.45, 2.75) is 12.2 Å². The molecule has 7 heteroatoms. The van der Waals surface area contributed by atoms with E-state index in [4.69, 9.17) is 9.47 Å². The number of rotatable bonds is 5. The van der Waals surface area contributed by atoms with Crippen LogP contribution >= 0.6 is 11.8 Å². The topological polar surface area (TPSA) is 65.4 Å². The fourth-order valence-corrected chi connectivity index (χ4v) is 3.74. The highest BCUT2D eigenvalue weighted by molar-refractivity contribution is 8.00. The van der Waals surface area contributed by atoms with E-state index in [-0.39, 0.29) is 11.2 Å². The van der Waals surface area contributed by atoms with Crippen LogP contribution in [0.1, 0.15) is 23.3 Å². The second-order valence-corrected chi connectivity index (χ2v) is 7.06. The van der Waals surface area contributed by atoms with E-state index >= 15 is 0 Å². The smallest absolute Gasteiger partial charge is 0.235 e. The molecule has 0 radical (unpaired) electrons. The molecular weight excluding hydrogens is 338 g/mol. The zero-order chi connectivity index (χ0) is 18.0. The molecule has 0 bridgehead atoms. The molecule has 1 atom stereocenters. The van der Waals surface area contributed by atoms with Gasteiger partial charge in [-0.2, -0.15) is 5.10 Å². The Morgan fingerprint density at radius 1 is 1.48 bits per heavy atom. The van der Waals surface area contributed by atoms with Gasteiger partial charge in [0.2, 0.25) is 5.91 Å². The first-order chi connectivity index (χ1) is 12.0. The number of carbonyl (C=O) groups excluding carboxylic acids is 1. The van der Waals surface area contributed by atoms with Gasteiger partial charge in [0.15, 0.2) is 11.5 Å². The van der Waals surface area contributed by atoms with Crippen molar-refractivity contribution in [3.63, 3.8) is 0 Å². The molecule has 1 aromatic heterocycles. The van der Waals surface area contributed by atoms with Gasteiger partial charge in [-0.25, -0.2) is 0 Å². The largest absolute Gasteiger partial charge is 0.493 e. The van der Waals surface area contributed by atoms with Gasteiger partial charge in [0.25, 0.3) is 0 Å². The van der Waals surface area contributed by atoms with Crippen LogP contribution in [0, 0.1) is 0 Å². The number of thioether (sulfide) groups is 1. The Morgan fingerprint density at radius 3 is 3.00 bits per heavy atom. The summed E-state index contributed by atoms with van der Waals surface area (Å²) in [7, 11) is 3.44. The second-order valence-electron chi connectivity index (χ2n) is 5.97. The predicted octanol–water partition coefficient (Wildman–Crippen LogP) is 3.16. The number of hydrogen-bond donors (Lipinski definition) is 1. The molecule has 2 aromatic rings. The second kappa shape index (κ2) is 7.23. The normalized spacial score (nSPS) is 16.6. The molecule has 2 heterocycles. The summed E-state index contributed by atoms with van der Waals surface area (Å²) in [6.07, 6.45) is 1.80. The molecule has 0 spiro atoms. The van der Waals surface area contributed by atoms with Crippen molar-refractivity contribution in [3.05, 3.63) is 47.7 Å². The van der Waals surface area contributed by atoms with Crippen molar-refractivity contribution in [1.29, 1.82) is 0 Å². The number of aryl methyl sites for hydroxylation is 1. The highest BCUT2D eigenvalue weighted by Gasteiger charge is 2.27. The van der Waals surface area contributed by atoms with Crippen molar-refractivity contribution >= 4 is 23.5 Å². The number of nitrogens with zero attached hydrogens (tertiary/aromatic N) is 2. The molecule has 6 nitrogen and oxygen atoms in total. The molecule has 0 aliphatic carbocycles. The first-order valence-electron chi connectivity index (χ1n) is 7.88. The summed E-state index contributed by atoms with van der Waals surface area (Å²) in [5, 5.41) is 7.19. The number of carbonyl (C=O) groups is 1. The van der Waals surface area contributed by atoms with Gasteiger partial charge in [-0.1, -0.05) is 12.6 Å². The summed E-state index contributed by atoms with van der Waals surface area (Å²) in [6, 6.07) is 5.85. The summed E-state index contributed by atoms with van der Waals surface area (Å²) in [5.74, 6) is 2.43. The molecule has 132 valence electrons. The highest BCUT2D eigenvalue weighted by atomic mass is 32.2. The van der Waals surface area contributed by atoms with Gasteiger partial charge < -0.3 is 14.8 Å². The average Bonchev–Trinajstić information content (AvgIpc) is 2.85. The summed E-state index contributed by atoms with van der Waals surface area (Å²) in [5.41, 5.74) is 2.96. The highest BCUT2D eigenvalue weighted by Crippen LogP contribution is 2.43. The maximum absolute atomic E-state index is 12.0. The lowest BCUT2D eigenvalue weighted by Gasteiger charge is -2.17. The Labute approximate surface area is 151 Å². The maximum Gasteiger partial charge on any atom is 0.235 e. The van der Waals surface area contributed by atoms with Gasteiger partial charge in [0, 0.05) is 12.6 Å². The lowest BCUT2D eigenvalue weighted by Crippen LogP contribution is -2.15. The summed E-state index contributed by atoms with van der Waals surface area (Å²) in [6.45, 7) is 6.20. The molecule has 0 unspecified atom stereocenters. The number of benzene rings is 1. The van der Waals surface area contributed by atoms with Crippen LogP contribution in [0.3, 0.4) is 0 Å². The van der Waals surface area contributed by atoms with Crippen LogP contribution in [0.5, 0.6) is 11.5 Å². The number of fused-ring (bicyclic) bond motifs is 1. The predicted molar refractivity (Wildman–Crippen MR) is 99.4 cm³/mol. The Kier molecular flexibility index (Phi) is 5.03. The van der Waals surface area contributed by atoms with Crippen LogP contribution in [-0.4, -0.2) is 35.2 Å². The fraction of sp³-hybridized carbons (Fsp3) is 0.333. The maximum atomic E-state index is 12.0. The Bertz CT molecular complexity index is 816. The quantitative estimate of drug-likeness (QED) is 0.831. The van der Waals surface area contributed by atoms with Crippen LogP contribution in [-0.2, 0) is 11.8 Å². The molecule has 0 fully saturated rings. The van der Waals surface area contributed by atoms with Gasteiger partial charge in [-0.05, 0) is 30.2 Å². The van der Waals surface area contributed by atoms with E-state index < -0.39 is 0 Å². The minimum atomic E-state index is -0.0225. The van der Waals surface area contributed by atoms with Crippen LogP contribution in [0.4, 0.5) is 5.82 Å². The van der Waals surface area contributed by atoms with Crippen LogP contribution in [0.15, 0.2) is 36.5 Å². The van der Waals surface area contributed by atoms with Gasteiger partial charge in [-0.15, -0.1) is 11.8 Å².